The van der Waals surface area contributed by atoms with Crippen LogP contribution < -0.4 is 15.4 Å². The number of methoxy groups -OCH3 is 1. The second-order valence-electron chi connectivity index (χ2n) is 5.37. The van der Waals surface area contributed by atoms with E-state index in [0.717, 1.165) is 12.1 Å². The van der Waals surface area contributed by atoms with Gasteiger partial charge in [0.25, 0.3) is 0 Å². The van der Waals surface area contributed by atoms with Crippen LogP contribution in [-0.4, -0.2) is 64.9 Å². The molecule has 0 saturated carbocycles. The summed E-state index contributed by atoms with van der Waals surface area (Å²) in [6.45, 7) is 4.86. The standard InChI is InChI=1S/C16H27N3O3.2ClH/c1-13-5-6-14(15(11-13)22-10-8-19(2)3)18-16(20)12-17-7-9-21-4;;/h5-6,11,17H,7-10,12H2,1-4H3,(H,18,20);2*1H. The number of nitrogens with zero attached hydrogens (tertiary/aromatic N) is 1. The Morgan fingerprint density at radius 3 is 2.54 bits per heavy atom. The van der Waals surface area contributed by atoms with Crippen molar-refractivity contribution in [1.82, 2.24) is 10.2 Å². The van der Waals surface area contributed by atoms with Gasteiger partial charge in [0.1, 0.15) is 12.4 Å². The molecule has 0 saturated heterocycles. The number of anilines is 1. The van der Waals surface area contributed by atoms with Crippen molar-refractivity contribution in [1.29, 1.82) is 0 Å². The number of likely N-dealkylation sites (N-methyl/N-ethyl adjacent to an activating group) is 1. The summed E-state index contributed by atoms with van der Waals surface area (Å²) in [5.41, 5.74) is 1.79. The van der Waals surface area contributed by atoms with Crippen LogP contribution in [0.3, 0.4) is 0 Å². The third-order valence-electron chi connectivity index (χ3n) is 2.98. The summed E-state index contributed by atoms with van der Waals surface area (Å²) in [5.74, 6) is 0.601. The van der Waals surface area contributed by atoms with Crippen molar-refractivity contribution in [2.75, 3.05) is 59.4 Å². The third-order valence-corrected chi connectivity index (χ3v) is 2.98. The number of rotatable bonds is 10. The van der Waals surface area contributed by atoms with Gasteiger partial charge in [0.15, 0.2) is 0 Å². The molecule has 0 bridgehead atoms. The van der Waals surface area contributed by atoms with E-state index >= 15 is 0 Å². The lowest BCUT2D eigenvalue weighted by molar-refractivity contribution is -0.115. The van der Waals surface area contributed by atoms with Crippen molar-refractivity contribution in [2.45, 2.75) is 6.92 Å². The van der Waals surface area contributed by atoms with Gasteiger partial charge in [-0.1, -0.05) is 6.07 Å². The topological polar surface area (TPSA) is 62.8 Å². The predicted molar refractivity (Wildman–Crippen MR) is 103 cm³/mol. The van der Waals surface area contributed by atoms with E-state index in [2.05, 4.69) is 10.6 Å². The monoisotopic (exact) mass is 381 g/mol. The molecular formula is C16H29Cl2N3O3. The Balaban J connectivity index is 0. The third kappa shape index (κ3) is 10.7. The first-order valence-electron chi connectivity index (χ1n) is 7.40. The van der Waals surface area contributed by atoms with Crippen LogP contribution >= 0.6 is 24.8 Å². The Bertz CT molecular complexity index is 474. The molecule has 6 nitrogen and oxygen atoms in total. The van der Waals surface area contributed by atoms with Crippen LogP contribution in [0.25, 0.3) is 0 Å². The fraction of sp³-hybridized carbons (Fsp3) is 0.562. The normalized spacial score (nSPS) is 9.88. The summed E-state index contributed by atoms with van der Waals surface area (Å²) < 4.78 is 10.7. The van der Waals surface area contributed by atoms with E-state index in [4.69, 9.17) is 9.47 Å². The molecule has 1 rings (SSSR count). The summed E-state index contributed by atoms with van der Waals surface area (Å²) in [6, 6.07) is 5.75. The van der Waals surface area contributed by atoms with Crippen molar-refractivity contribution >= 4 is 36.4 Å². The molecule has 0 heterocycles. The molecule has 0 aliphatic rings. The van der Waals surface area contributed by atoms with Gasteiger partial charge in [-0.2, -0.15) is 0 Å². The molecule has 1 aromatic rings. The lowest BCUT2D eigenvalue weighted by Crippen LogP contribution is -2.30. The molecule has 0 radical (unpaired) electrons. The van der Waals surface area contributed by atoms with E-state index < -0.39 is 0 Å². The van der Waals surface area contributed by atoms with Gasteiger partial charge in [-0.25, -0.2) is 0 Å². The fourth-order valence-corrected chi connectivity index (χ4v) is 1.76. The number of carbonyl (C=O) groups excluding carboxylic acids is 1. The van der Waals surface area contributed by atoms with Crippen LogP contribution in [0, 0.1) is 6.92 Å². The molecule has 0 aliphatic carbocycles. The maximum Gasteiger partial charge on any atom is 0.238 e. The zero-order valence-electron chi connectivity index (χ0n) is 14.8. The number of carbonyl (C=O) groups is 1. The number of ether oxygens (including phenoxy) is 2. The number of hydrogen-bond acceptors (Lipinski definition) is 5. The Hall–Kier alpha value is -1.05. The molecular weight excluding hydrogens is 353 g/mol. The average Bonchev–Trinajstić information content (AvgIpc) is 2.46. The van der Waals surface area contributed by atoms with Crippen molar-refractivity contribution < 1.29 is 14.3 Å². The van der Waals surface area contributed by atoms with Gasteiger partial charge >= 0.3 is 0 Å². The van der Waals surface area contributed by atoms with Crippen LogP contribution in [0.15, 0.2) is 18.2 Å². The minimum absolute atomic E-state index is 0. The minimum Gasteiger partial charge on any atom is -0.490 e. The first kappa shape index (κ1) is 25.2. The van der Waals surface area contributed by atoms with Crippen LogP contribution in [0.5, 0.6) is 5.75 Å². The smallest absolute Gasteiger partial charge is 0.238 e. The number of amides is 1. The van der Waals surface area contributed by atoms with Crippen molar-refractivity contribution in [3.8, 4) is 5.75 Å². The van der Waals surface area contributed by atoms with Crippen LogP contribution in [0.4, 0.5) is 5.69 Å². The number of halogens is 2. The highest BCUT2D eigenvalue weighted by Gasteiger charge is 2.08. The maximum atomic E-state index is 11.9. The Morgan fingerprint density at radius 2 is 1.92 bits per heavy atom. The predicted octanol–water partition coefficient (Wildman–Crippen LogP) is 1.95. The highest BCUT2D eigenvalue weighted by atomic mass is 35.5. The highest BCUT2D eigenvalue weighted by molar-refractivity contribution is 5.93. The molecule has 2 N–H and O–H groups in total. The Morgan fingerprint density at radius 1 is 1.21 bits per heavy atom. The molecule has 0 atom stereocenters. The Labute approximate surface area is 157 Å². The summed E-state index contributed by atoms with van der Waals surface area (Å²) >= 11 is 0. The second-order valence-corrected chi connectivity index (χ2v) is 5.37. The molecule has 1 amide bonds. The highest BCUT2D eigenvalue weighted by Crippen LogP contribution is 2.25. The number of hydrogen-bond donors (Lipinski definition) is 2. The summed E-state index contributed by atoms with van der Waals surface area (Å²) in [4.78, 5) is 14.0. The SMILES string of the molecule is COCCNCC(=O)Nc1ccc(C)cc1OCCN(C)C.Cl.Cl. The van der Waals surface area contributed by atoms with Crippen molar-refractivity contribution in [2.24, 2.45) is 0 Å². The van der Waals surface area contributed by atoms with E-state index in [1.165, 1.54) is 0 Å². The van der Waals surface area contributed by atoms with Crippen molar-refractivity contribution in [3.63, 3.8) is 0 Å². The first-order valence-corrected chi connectivity index (χ1v) is 7.40. The van der Waals surface area contributed by atoms with E-state index in [1.54, 1.807) is 7.11 Å². The molecule has 0 unspecified atom stereocenters. The van der Waals surface area contributed by atoms with E-state index in [9.17, 15) is 4.79 Å². The first-order chi connectivity index (χ1) is 10.5. The second kappa shape index (κ2) is 14.3. The van der Waals surface area contributed by atoms with Gasteiger partial charge in [-0.3, -0.25) is 4.79 Å². The Kier molecular flexibility index (Phi) is 15.0. The lowest BCUT2D eigenvalue weighted by Gasteiger charge is -2.15. The maximum absolute atomic E-state index is 11.9. The minimum atomic E-state index is -0.0996. The van der Waals surface area contributed by atoms with E-state index in [-0.39, 0.29) is 37.3 Å². The zero-order chi connectivity index (χ0) is 16.4. The van der Waals surface area contributed by atoms with Crippen LogP contribution in [-0.2, 0) is 9.53 Å². The van der Waals surface area contributed by atoms with Gasteiger partial charge < -0.3 is 25.0 Å². The summed E-state index contributed by atoms with van der Waals surface area (Å²) in [6.07, 6.45) is 0. The molecule has 0 spiro atoms. The van der Waals surface area contributed by atoms with E-state index in [1.807, 2.05) is 44.1 Å². The molecule has 0 aliphatic heterocycles. The van der Waals surface area contributed by atoms with E-state index in [0.29, 0.717) is 31.2 Å². The summed E-state index contributed by atoms with van der Waals surface area (Å²) in [7, 11) is 5.62. The number of benzene rings is 1. The average molecular weight is 382 g/mol. The van der Waals surface area contributed by atoms with Crippen LogP contribution in [0.1, 0.15) is 5.56 Å². The largest absolute Gasteiger partial charge is 0.490 e. The lowest BCUT2D eigenvalue weighted by atomic mass is 10.2. The molecule has 24 heavy (non-hydrogen) atoms. The molecule has 140 valence electrons. The van der Waals surface area contributed by atoms with Crippen molar-refractivity contribution in [3.05, 3.63) is 23.8 Å². The fourth-order valence-electron chi connectivity index (χ4n) is 1.76. The quantitative estimate of drug-likeness (QED) is 0.606. The number of nitrogens with one attached hydrogen (secondary N) is 2. The molecule has 0 fully saturated rings. The van der Waals surface area contributed by atoms with Gasteiger partial charge in [0.2, 0.25) is 5.91 Å². The van der Waals surface area contributed by atoms with Gasteiger partial charge in [-0.15, -0.1) is 24.8 Å². The van der Waals surface area contributed by atoms with Crippen LogP contribution in [0.2, 0.25) is 0 Å². The molecule has 0 aromatic heterocycles. The van der Waals surface area contributed by atoms with Gasteiger partial charge in [0.05, 0.1) is 18.8 Å². The molecule has 8 heteroatoms. The summed E-state index contributed by atoms with van der Waals surface area (Å²) in [5, 5.41) is 5.88. The van der Waals surface area contributed by atoms with Gasteiger partial charge in [-0.05, 0) is 38.7 Å². The zero-order valence-corrected chi connectivity index (χ0v) is 16.4. The molecule has 1 aromatic carbocycles. The number of aryl methyl sites for hydroxylation is 1. The van der Waals surface area contributed by atoms with Gasteiger partial charge in [0, 0.05) is 20.2 Å².